The second kappa shape index (κ2) is 12.9. The zero-order valence-corrected chi connectivity index (χ0v) is 23.0. The molecule has 7 nitrogen and oxygen atoms in total. The van der Waals surface area contributed by atoms with Gasteiger partial charge in [0.05, 0.1) is 22.4 Å². The number of aryl methyl sites for hydroxylation is 2. The molecule has 3 rings (SSSR count). The minimum Gasteiger partial charge on any atom is -0.342 e. The Morgan fingerprint density at radius 2 is 1.83 bits per heavy atom. The molecule has 1 atom stereocenters. The molecule has 0 saturated carbocycles. The number of benzene rings is 2. The van der Waals surface area contributed by atoms with Crippen LogP contribution in [-0.2, 0) is 17.8 Å². The fourth-order valence-corrected chi connectivity index (χ4v) is 5.08. The maximum Gasteiger partial charge on any atom is 0.253 e. The Bertz CT molecular complexity index is 1210. The molecule has 2 aromatic carbocycles. The maximum absolute atomic E-state index is 13.0. The van der Waals surface area contributed by atoms with Gasteiger partial charge >= 0.3 is 0 Å². The van der Waals surface area contributed by atoms with Crippen LogP contribution in [0.1, 0.15) is 67.5 Å². The van der Waals surface area contributed by atoms with E-state index in [-0.39, 0.29) is 23.6 Å². The summed E-state index contributed by atoms with van der Waals surface area (Å²) in [5, 5.41) is 16.0. The smallest absolute Gasteiger partial charge is 0.253 e. The van der Waals surface area contributed by atoms with Crippen molar-refractivity contribution in [3.05, 3.63) is 70.0 Å². The van der Waals surface area contributed by atoms with Gasteiger partial charge in [0.1, 0.15) is 0 Å². The number of aromatic nitrogens is 3. The number of rotatable bonds is 11. The largest absolute Gasteiger partial charge is 0.342 e. The molecule has 36 heavy (non-hydrogen) atoms. The number of para-hydroxylation sites is 1. The Balaban J connectivity index is 1.76. The molecule has 0 bridgehead atoms. The molecular formula is C27H34ClN5O2S. The van der Waals surface area contributed by atoms with Gasteiger partial charge in [-0.1, -0.05) is 74.5 Å². The predicted molar refractivity (Wildman–Crippen MR) is 147 cm³/mol. The van der Waals surface area contributed by atoms with Gasteiger partial charge < -0.3 is 15.2 Å². The normalized spacial score (nSPS) is 12.0. The standard InChI is InChI=1S/C27H34ClN5O2S/c1-6-19-12-10-11-18(5)24(19)30-23(34)16-36-27-32-31-25(33(27)7-2)22(15-17(3)4)29-26(35)20-13-8-9-14-21(20)28/h8-14,17,22H,6-7,15-16H2,1-5H3,(H,29,35)(H,30,34)/t22-/m1/s1. The van der Waals surface area contributed by atoms with Crippen LogP contribution in [0.3, 0.4) is 0 Å². The molecule has 9 heteroatoms. The molecular weight excluding hydrogens is 494 g/mol. The van der Waals surface area contributed by atoms with Gasteiger partial charge in [0.2, 0.25) is 5.91 Å². The van der Waals surface area contributed by atoms with Crippen molar-refractivity contribution < 1.29 is 9.59 Å². The molecule has 0 spiro atoms. The van der Waals surface area contributed by atoms with Crippen molar-refractivity contribution in [3.8, 4) is 0 Å². The molecule has 192 valence electrons. The third-order valence-corrected chi connectivity index (χ3v) is 7.14. The van der Waals surface area contributed by atoms with Gasteiger partial charge in [-0.2, -0.15) is 0 Å². The van der Waals surface area contributed by atoms with Crippen LogP contribution in [-0.4, -0.2) is 32.3 Å². The number of carbonyl (C=O) groups is 2. The quantitative estimate of drug-likeness (QED) is 0.295. The Morgan fingerprint density at radius 1 is 1.08 bits per heavy atom. The summed E-state index contributed by atoms with van der Waals surface area (Å²) in [6.07, 6.45) is 1.53. The maximum atomic E-state index is 13.0. The van der Waals surface area contributed by atoms with E-state index in [0.717, 1.165) is 23.2 Å². The summed E-state index contributed by atoms with van der Waals surface area (Å²) in [6.45, 7) is 10.9. The first-order valence-corrected chi connectivity index (χ1v) is 13.6. The van der Waals surface area contributed by atoms with E-state index in [1.165, 1.54) is 11.8 Å². The fourth-order valence-electron chi connectivity index (χ4n) is 4.05. The minimum atomic E-state index is -0.344. The third kappa shape index (κ3) is 6.89. The molecule has 1 heterocycles. The number of hydrogen-bond acceptors (Lipinski definition) is 5. The number of nitrogens with one attached hydrogen (secondary N) is 2. The summed E-state index contributed by atoms with van der Waals surface area (Å²) in [5.74, 6) is 0.836. The van der Waals surface area contributed by atoms with Crippen LogP contribution in [0.2, 0.25) is 5.02 Å². The summed E-state index contributed by atoms with van der Waals surface area (Å²) in [6, 6.07) is 12.7. The van der Waals surface area contributed by atoms with Crippen molar-refractivity contribution in [2.75, 3.05) is 11.1 Å². The molecule has 3 aromatic rings. The van der Waals surface area contributed by atoms with Gasteiger partial charge in [0.15, 0.2) is 11.0 Å². The summed E-state index contributed by atoms with van der Waals surface area (Å²) in [5.41, 5.74) is 3.45. The highest BCUT2D eigenvalue weighted by Crippen LogP contribution is 2.27. The van der Waals surface area contributed by atoms with E-state index in [2.05, 4.69) is 41.6 Å². The van der Waals surface area contributed by atoms with E-state index in [1.807, 2.05) is 36.6 Å². The molecule has 0 aliphatic heterocycles. The zero-order chi connectivity index (χ0) is 26.2. The number of hydrogen-bond donors (Lipinski definition) is 2. The van der Waals surface area contributed by atoms with E-state index in [4.69, 9.17) is 11.6 Å². The summed E-state index contributed by atoms with van der Waals surface area (Å²) < 4.78 is 1.96. The number of carbonyl (C=O) groups excluding carboxylic acids is 2. The number of thioether (sulfide) groups is 1. The van der Waals surface area contributed by atoms with Gasteiger partial charge in [0.25, 0.3) is 5.91 Å². The first-order valence-electron chi connectivity index (χ1n) is 12.2. The highest BCUT2D eigenvalue weighted by molar-refractivity contribution is 7.99. The molecule has 0 radical (unpaired) electrons. The second-order valence-electron chi connectivity index (χ2n) is 9.02. The monoisotopic (exact) mass is 527 g/mol. The lowest BCUT2D eigenvalue weighted by atomic mass is 10.0. The lowest BCUT2D eigenvalue weighted by Gasteiger charge is -2.21. The summed E-state index contributed by atoms with van der Waals surface area (Å²) in [4.78, 5) is 25.8. The Hall–Kier alpha value is -2.84. The first kappa shape index (κ1) is 27.7. The van der Waals surface area contributed by atoms with Crippen LogP contribution in [0.4, 0.5) is 5.69 Å². The van der Waals surface area contributed by atoms with E-state index < -0.39 is 0 Å². The highest BCUT2D eigenvalue weighted by Gasteiger charge is 2.25. The summed E-state index contributed by atoms with van der Waals surface area (Å²) >= 11 is 7.58. The molecule has 0 unspecified atom stereocenters. The van der Waals surface area contributed by atoms with Gasteiger partial charge in [-0.3, -0.25) is 9.59 Å². The SMILES string of the molecule is CCc1cccc(C)c1NC(=O)CSc1nnc([C@@H](CC(C)C)NC(=O)c2ccccc2Cl)n1CC. The van der Waals surface area contributed by atoms with Crippen molar-refractivity contribution in [1.29, 1.82) is 0 Å². The van der Waals surface area contributed by atoms with Crippen molar-refractivity contribution in [2.24, 2.45) is 5.92 Å². The Morgan fingerprint density at radius 3 is 2.50 bits per heavy atom. The van der Waals surface area contributed by atoms with Gasteiger partial charge in [-0.05, 0) is 55.9 Å². The third-order valence-electron chi connectivity index (χ3n) is 5.84. The molecule has 0 saturated heterocycles. The van der Waals surface area contributed by atoms with Crippen LogP contribution in [0.15, 0.2) is 47.6 Å². The highest BCUT2D eigenvalue weighted by atomic mass is 35.5. The van der Waals surface area contributed by atoms with Crippen LogP contribution in [0, 0.1) is 12.8 Å². The molecule has 1 aromatic heterocycles. The van der Waals surface area contributed by atoms with E-state index >= 15 is 0 Å². The van der Waals surface area contributed by atoms with Crippen molar-refractivity contribution in [1.82, 2.24) is 20.1 Å². The number of anilines is 1. The second-order valence-corrected chi connectivity index (χ2v) is 10.4. The number of nitrogens with zero attached hydrogens (tertiary/aromatic N) is 3. The lowest BCUT2D eigenvalue weighted by Crippen LogP contribution is -2.31. The van der Waals surface area contributed by atoms with E-state index in [9.17, 15) is 9.59 Å². The van der Waals surface area contributed by atoms with E-state index in [0.29, 0.717) is 40.5 Å². The predicted octanol–water partition coefficient (Wildman–Crippen LogP) is 6.07. The van der Waals surface area contributed by atoms with Crippen LogP contribution in [0.5, 0.6) is 0 Å². The molecule has 0 fully saturated rings. The topological polar surface area (TPSA) is 88.9 Å². The van der Waals surface area contributed by atoms with E-state index in [1.54, 1.807) is 24.3 Å². The molecule has 0 aliphatic rings. The molecule has 2 amide bonds. The average molecular weight is 528 g/mol. The Labute approximate surface area is 222 Å². The van der Waals surface area contributed by atoms with Crippen LogP contribution < -0.4 is 10.6 Å². The van der Waals surface area contributed by atoms with Crippen molar-refractivity contribution in [3.63, 3.8) is 0 Å². The van der Waals surface area contributed by atoms with Crippen LogP contribution in [0.25, 0.3) is 0 Å². The van der Waals surface area contributed by atoms with Crippen molar-refractivity contribution >= 4 is 40.9 Å². The zero-order valence-electron chi connectivity index (χ0n) is 21.5. The molecule has 0 aliphatic carbocycles. The molecule has 2 N–H and O–H groups in total. The Kier molecular flexibility index (Phi) is 9.96. The number of amides is 2. The lowest BCUT2D eigenvalue weighted by molar-refractivity contribution is -0.113. The van der Waals surface area contributed by atoms with Gasteiger partial charge in [-0.15, -0.1) is 10.2 Å². The average Bonchev–Trinajstić information content (AvgIpc) is 3.26. The summed E-state index contributed by atoms with van der Waals surface area (Å²) in [7, 11) is 0. The van der Waals surface area contributed by atoms with Crippen LogP contribution >= 0.6 is 23.4 Å². The van der Waals surface area contributed by atoms with Crippen molar-refractivity contribution in [2.45, 2.75) is 65.2 Å². The number of halogens is 1. The van der Waals surface area contributed by atoms with Gasteiger partial charge in [0, 0.05) is 12.2 Å². The first-order chi connectivity index (χ1) is 17.2. The minimum absolute atomic E-state index is 0.0954. The fraction of sp³-hybridized carbons (Fsp3) is 0.407. The van der Waals surface area contributed by atoms with Gasteiger partial charge in [-0.25, -0.2) is 0 Å².